The molecule has 7 atom stereocenters. The summed E-state index contributed by atoms with van der Waals surface area (Å²) in [6, 6.07) is 7.69. The standard InChI is InChI=1S/C25H33FN7O6PS/c1-13(2)36-21(34)14(3)31-40(41,38-15-10-8-7-9-11-15)39-18-17-25(18,35)24(4,26)22(37-17)33-12-28-16-19(32(5)6)29-23(27)30-20(16)33/h7-14,17-18,22,35H,1-6H3,(H,31,41)(H2,27,29,30)/t14-,17+,18?,22+,24-,25-,40?/m0/s1. The summed E-state index contributed by atoms with van der Waals surface area (Å²) in [5.74, 6) is 0.221. The van der Waals surface area contributed by atoms with E-state index in [4.69, 9.17) is 36.1 Å². The number of nitrogens with two attached hydrogens (primary N) is 1. The Bertz CT molecular complexity index is 1510. The first-order valence-corrected chi connectivity index (χ1v) is 15.6. The lowest BCUT2D eigenvalue weighted by Gasteiger charge is -2.33. The molecule has 0 amide bonds. The predicted octanol–water partition coefficient (Wildman–Crippen LogP) is 2.46. The first-order chi connectivity index (χ1) is 19.2. The van der Waals surface area contributed by atoms with Gasteiger partial charge in [0.15, 0.2) is 34.5 Å². The minimum absolute atomic E-state index is 0.0264. The SMILES string of the molecule is CC(C)OC(=O)[C@H](C)NP(=S)(Oc1ccccc1)OC1[C@H]2O[C@@H](n3cnc4c(N(C)C)nc(N)nc43)[C@](C)(F)[C@@]12O. The van der Waals surface area contributed by atoms with Crippen molar-refractivity contribution in [1.29, 1.82) is 0 Å². The number of nitrogens with one attached hydrogen (secondary N) is 1. The van der Waals surface area contributed by atoms with Gasteiger partial charge in [-0.1, -0.05) is 18.2 Å². The molecule has 0 bridgehead atoms. The third-order valence-electron chi connectivity index (χ3n) is 6.93. The van der Waals surface area contributed by atoms with Crippen LogP contribution < -0.4 is 20.2 Å². The molecule has 222 valence electrons. The molecular weight excluding hydrogens is 576 g/mol. The first-order valence-electron chi connectivity index (χ1n) is 12.9. The molecule has 1 saturated heterocycles. The average Bonchev–Trinajstić information content (AvgIpc) is 3.14. The molecule has 2 fully saturated rings. The summed E-state index contributed by atoms with van der Waals surface area (Å²) in [5.41, 5.74) is 2.06. The van der Waals surface area contributed by atoms with E-state index >= 15 is 4.39 Å². The van der Waals surface area contributed by atoms with E-state index in [1.54, 1.807) is 70.1 Å². The lowest BCUT2D eigenvalue weighted by Crippen LogP contribution is -2.45. The van der Waals surface area contributed by atoms with Gasteiger partial charge in [-0.25, -0.2) is 14.5 Å². The van der Waals surface area contributed by atoms with Crippen molar-refractivity contribution in [2.75, 3.05) is 24.7 Å². The summed E-state index contributed by atoms with van der Waals surface area (Å²) in [6.45, 7) is 2.64. The summed E-state index contributed by atoms with van der Waals surface area (Å²) in [6.07, 6.45) is -2.60. The van der Waals surface area contributed by atoms with Gasteiger partial charge in [0.05, 0.1) is 12.4 Å². The van der Waals surface area contributed by atoms with Crippen molar-refractivity contribution < 1.29 is 32.8 Å². The van der Waals surface area contributed by atoms with Gasteiger partial charge in [-0.15, -0.1) is 0 Å². The average molecular weight is 610 g/mol. The van der Waals surface area contributed by atoms with E-state index in [-0.39, 0.29) is 17.7 Å². The van der Waals surface area contributed by atoms with Gasteiger partial charge in [0, 0.05) is 14.1 Å². The number of carbonyl (C=O) groups excluding carboxylic acids is 1. The van der Waals surface area contributed by atoms with Crippen LogP contribution in [0.2, 0.25) is 0 Å². The summed E-state index contributed by atoms with van der Waals surface area (Å²) < 4.78 is 41.4. The summed E-state index contributed by atoms with van der Waals surface area (Å²) in [5, 5.41) is 14.5. The molecule has 2 unspecified atom stereocenters. The van der Waals surface area contributed by atoms with Gasteiger partial charge < -0.3 is 29.7 Å². The Hall–Kier alpha value is -2.94. The van der Waals surface area contributed by atoms with E-state index in [9.17, 15) is 9.90 Å². The minimum atomic E-state index is -3.57. The number of para-hydroxylation sites is 1. The lowest BCUT2D eigenvalue weighted by molar-refractivity contribution is -0.149. The zero-order valence-electron chi connectivity index (χ0n) is 23.4. The molecule has 1 aromatic carbocycles. The number of esters is 1. The van der Waals surface area contributed by atoms with Gasteiger partial charge in [0.25, 0.3) is 0 Å². The molecular formula is C25H33FN7O6PS. The third kappa shape index (κ3) is 5.15. The van der Waals surface area contributed by atoms with Crippen LogP contribution in [0.3, 0.4) is 0 Å². The number of hydrogen-bond donors (Lipinski definition) is 3. The smallest absolute Gasteiger partial charge is 0.323 e. The number of alkyl halides is 1. The zero-order valence-corrected chi connectivity index (χ0v) is 25.1. The minimum Gasteiger partial charge on any atom is -0.462 e. The van der Waals surface area contributed by atoms with Crippen LogP contribution in [0.4, 0.5) is 16.2 Å². The highest BCUT2D eigenvalue weighted by atomic mass is 32.5. The first kappa shape index (κ1) is 29.5. The molecule has 0 radical (unpaired) electrons. The number of anilines is 2. The van der Waals surface area contributed by atoms with Crippen LogP contribution in [-0.4, -0.2) is 80.3 Å². The molecule has 5 rings (SSSR count). The Morgan fingerprint density at radius 1 is 1.29 bits per heavy atom. The molecule has 1 aliphatic heterocycles. The second-order valence-corrected chi connectivity index (χ2v) is 13.8. The Labute approximate surface area is 241 Å². The lowest BCUT2D eigenvalue weighted by atomic mass is 9.97. The molecule has 3 aromatic rings. The highest BCUT2D eigenvalue weighted by Crippen LogP contribution is 2.66. The van der Waals surface area contributed by atoms with Crippen molar-refractivity contribution in [2.45, 2.75) is 69.5 Å². The molecule has 0 spiro atoms. The van der Waals surface area contributed by atoms with Gasteiger partial charge >= 0.3 is 12.6 Å². The number of halogens is 1. The monoisotopic (exact) mass is 609 g/mol. The fourth-order valence-corrected chi connectivity index (χ4v) is 7.56. The van der Waals surface area contributed by atoms with Crippen LogP contribution >= 0.6 is 6.64 Å². The Morgan fingerprint density at radius 2 is 1.98 bits per heavy atom. The van der Waals surface area contributed by atoms with Crippen LogP contribution in [0.5, 0.6) is 5.75 Å². The molecule has 1 aliphatic carbocycles. The summed E-state index contributed by atoms with van der Waals surface area (Å²) >= 11 is 5.75. The highest BCUT2D eigenvalue weighted by molar-refractivity contribution is 8.09. The van der Waals surface area contributed by atoms with Crippen LogP contribution in [-0.2, 0) is 30.6 Å². The Balaban J connectivity index is 1.41. The van der Waals surface area contributed by atoms with E-state index in [2.05, 4.69) is 20.0 Å². The second kappa shape index (κ2) is 10.4. The number of ether oxygens (including phenoxy) is 2. The molecule has 41 heavy (non-hydrogen) atoms. The van der Waals surface area contributed by atoms with Crippen molar-refractivity contribution in [1.82, 2.24) is 24.6 Å². The van der Waals surface area contributed by atoms with Crippen LogP contribution in [0.15, 0.2) is 36.7 Å². The van der Waals surface area contributed by atoms with Crippen molar-refractivity contribution in [3.8, 4) is 5.75 Å². The van der Waals surface area contributed by atoms with E-state index in [0.717, 1.165) is 0 Å². The summed E-state index contributed by atoms with van der Waals surface area (Å²) in [7, 11) is 3.54. The number of rotatable bonds is 10. The molecule has 3 heterocycles. The van der Waals surface area contributed by atoms with Crippen molar-refractivity contribution >= 4 is 47.3 Å². The number of hydrogen-bond acceptors (Lipinski definition) is 12. The maximum Gasteiger partial charge on any atom is 0.323 e. The second-order valence-electron chi connectivity index (χ2n) is 10.7. The zero-order chi connectivity index (χ0) is 29.9. The maximum atomic E-state index is 16.6. The van der Waals surface area contributed by atoms with E-state index in [0.29, 0.717) is 17.1 Å². The number of aromatic nitrogens is 4. The maximum absolute atomic E-state index is 16.6. The van der Waals surface area contributed by atoms with Crippen LogP contribution in [0.25, 0.3) is 11.2 Å². The summed E-state index contributed by atoms with van der Waals surface area (Å²) in [4.78, 5) is 27.0. The number of fused-ring (bicyclic) bond motifs is 2. The number of nitrogen functional groups attached to an aromatic ring is 1. The Kier molecular flexibility index (Phi) is 7.50. The predicted molar refractivity (Wildman–Crippen MR) is 152 cm³/mol. The van der Waals surface area contributed by atoms with Gasteiger partial charge in [0.1, 0.15) is 24.0 Å². The molecule has 16 heteroatoms. The van der Waals surface area contributed by atoms with Crippen LogP contribution in [0, 0.1) is 0 Å². The molecule has 13 nitrogen and oxygen atoms in total. The van der Waals surface area contributed by atoms with Gasteiger partial charge in [0.2, 0.25) is 5.95 Å². The van der Waals surface area contributed by atoms with Crippen LogP contribution in [0.1, 0.15) is 33.9 Å². The van der Waals surface area contributed by atoms with E-state index in [1.165, 1.54) is 17.8 Å². The van der Waals surface area contributed by atoms with Crippen molar-refractivity contribution in [3.63, 3.8) is 0 Å². The number of benzene rings is 1. The highest BCUT2D eigenvalue weighted by Gasteiger charge is 2.85. The fraction of sp³-hybridized carbons (Fsp3) is 0.520. The Morgan fingerprint density at radius 3 is 2.56 bits per heavy atom. The van der Waals surface area contributed by atoms with Gasteiger partial charge in [-0.2, -0.15) is 9.97 Å². The number of nitrogens with zero attached hydrogens (tertiary/aromatic N) is 5. The van der Waals surface area contributed by atoms with E-state index in [1.807, 2.05) is 0 Å². The van der Waals surface area contributed by atoms with Gasteiger partial charge in [-0.3, -0.25) is 13.9 Å². The normalized spacial score (nSPS) is 29.1. The molecule has 2 aromatic heterocycles. The number of aliphatic hydroxyl groups is 1. The fourth-order valence-electron chi connectivity index (χ4n) is 4.85. The van der Waals surface area contributed by atoms with Crippen molar-refractivity contribution in [3.05, 3.63) is 36.7 Å². The van der Waals surface area contributed by atoms with Gasteiger partial charge in [-0.05, 0) is 51.6 Å². The molecule has 4 N–H and O–H groups in total. The molecule has 2 aliphatic rings. The largest absolute Gasteiger partial charge is 0.462 e. The topological polar surface area (TPSA) is 159 Å². The molecule has 1 saturated carbocycles. The quantitative estimate of drug-likeness (QED) is 0.228. The third-order valence-corrected chi connectivity index (χ3v) is 9.39. The van der Waals surface area contributed by atoms with E-state index < -0.39 is 48.4 Å². The number of carbonyl (C=O) groups is 1. The number of imidazole rings is 1. The van der Waals surface area contributed by atoms with Crippen molar-refractivity contribution in [2.24, 2.45) is 0 Å².